The van der Waals surface area contributed by atoms with Gasteiger partial charge >= 0.3 is 0 Å². The van der Waals surface area contributed by atoms with Crippen LogP contribution in [-0.4, -0.2) is 57.7 Å². The maximum Gasteiger partial charge on any atom is 0.253 e. The summed E-state index contributed by atoms with van der Waals surface area (Å²) >= 11 is 0. The Kier molecular flexibility index (Phi) is 5.26. The number of carbonyl (C=O) groups is 1. The molecule has 0 radical (unpaired) electrons. The molecule has 2 heterocycles. The van der Waals surface area contributed by atoms with E-state index in [1.54, 1.807) is 24.3 Å². The highest BCUT2D eigenvalue weighted by Crippen LogP contribution is 2.24. The Hall–Kier alpha value is -2.54. The van der Waals surface area contributed by atoms with Gasteiger partial charge in [-0.3, -0.25) is 9.10 Å². The molecule has 2 aromatic rings. The molecule has 148 valence electrons. The summed E-state index contributed by atoms with van der Waals surface area (Å²) < 4.78 is 25.9. The van der Waals surface area contributed by atoms with Crippen molar-refractivity contribution < 1.29 is 13.2 Å². The molecule has 0 N–H and O–H groups in total. The minimum atomic E-state index is -3.23. The molecule has 7 heteroatoms. The SMILES string of the molecule is O=C(c1ccc(N2CCCCS2(=O)=O)cc1)N1CCN(c2ccccc2)CC1. The summed E-state index contributed by atoms with van der Waals surface area (Å²) in [4.78, 5) is 17.0. The van der Waals surface area contributed by atoms with Gasteiger partial charge in [0.2, 0.25) is 10.0 Å². The summed E-state index contributed by atoms with van der Waals surface area (Å²) in [5, 5.41) is 0. The van der Waals surface area contributed by atoms with Crippen molar-refractivity contribution in [3.05, 3.63) is 60.2 Å². The first kappa shape index (κ1) is 18.8. The van der Waals surface area contributed by atoms with Crippen LogP contribution in [0.2, 0.25) is 0 Å². The lowest BCUT2D eigenvalue weighted by Crippen LogP contribution is -2.48. The zero-order valence-electron chi connectivity index (χ0n) is 15.8. The van der Waals surface area contributed by atoms with Crippen LogP contribution in [0, 0.1) is 0 Å². The minimum Gasteiger partial charge on any atom is -0.368 e. The van der Waals surface area contributed by atoms with Crippen LogP contribution in [0.25, 0.3) is 0 Å². The first-order valence-corrected chi connectivity index (χ1v) is 11.4. The van der Waals surface area contributed by atoms with Crippen LogP contribution in [0.5, 0.6) is 0 Å². The summed E-state index contributed by atoms with van der Waals surface area (Å²) in [6, 6.07) is 17.2. The fourth-order valence-corrected chi connectivity index (χ4v) is 5.48. The Morgan fingerprint density at radius 3 is 2.07 bits per heavy atom. The van der Waals surface area contributed by atoms with E-state index in [9.17, 15) is 13.2 Å². The summed E-state index contributed by atoms with van der Waals surface area (Å²) in [5.74, 6) is 0.195. The van der Waals surface area contributed by atoms with Crippen LogP contribution in [-0.2, 0) is 10.0 Å². The molecule has 0 atom stereocenters. The molecule has 0 bridgehead atoms. The molecule has 2 aromatic carbocycles. The van der Waals surface area contributed by atoms with E-state index in [0.717, 1.165) is 19.5 Å². The van der Waals surface area contributed by atoms with Gasteiger partial charge < -0.3 is 9.80 Å². The molecular weight excluding hydrogens is 374 g/mol. The molecule has 0 saturated carbocycles. The molecule has 28 heavy (non-hydrogen) atoms. The predicted octanol–water partition coefficient (Wildman–Crippen LogP) is 2.58. The zero-order chi connectivity index (χ0) is 19.6. The Balaban J connectivity index is 1.40. The lowest BCUT2D eigenvalue weighted by atomic mass is 10.1. The van der Waals surface area contributed by atoms with Crippen LogP contribution >= 0.6 is 0 Å². The van der Waals surface area contributed by atoms with Crippen molar-refractivity contribution >= 4 is 27.3 Å². The minimum absolute atomic E-state index is 0.000706. The van der Waals surface area contributed by atoms with Gasteiger partial charge in [-0.15, -0.1) is 0 Å². The topological polar surface area (TPSA) is 60.9 Å². The van der Waals surface area contributed by atoms with E-state index in [4.69, 9.17) is 0 Å². The van der Waals surface area contributed by atoms with Crippen LogP contribution in [0.3, 0.4) is 0 Å². The number of nitrogens with zero attached hydrogens (tertiary/aromatic N) is 3. The van der Waals surface area contributed by atoms with Crippen LogP contribution in [0.1, 0.15) is 23.2 Å². The zero-order valence-corrected chi connectivity index (χ0v) is 16.6. The normalized spacial score (nSPS) is 19.5. The number of carbonyl (C=O) groups excluding carboxylic acids is 1. The van der Waals surface area contributed by atoms with Crippen LogP contribution in [0.4, 0.5) is 11.4 Å². The third-order valence-corrected chi connectivity index (χ3v) is 7.31. The standard InChI is InChI=1S/C21H25N3O3S/c25-21(23-15-13-22(14-16-23)19-6-2-1-3-7-19)18-8-10-20(11-9-18)24-12-4-5-17-28(24,26)27/h1-3,6-11H,4-5,12-17H2. The summed E-state index contributed by atoms with van der Waals surface area (Å²) in [7, 11) is -3.23. The molecule has 2 saturated heterocycles. The molecule has 4 rings (SSSR count). The number of amides is 1. The van der Waals surface area contributed by atoms with Gasteiger partial charge in [-0.1, -0.05) is 18.2 Å². The smallest absolute Gasteiger partial charge is 0.253 e. The second-order valence-electron chi connectivity index (χ2n) is 7.26. The number of piperazine rings is 1. The largest absolute Gasteiger partial charge is 0.368 e. The van der Waals surface area contributed by atoms with Crippen LogP contribution in [0.15, 0.2) is 54.6 Å². The Bertz CT molecular complexity index is 921. The van der Waals surface area contributed by atoms with E-state index in [1.807, 2.05) is 23.1 Å². The van der Waals surface area contributed by atoms with Gasteiger partial charge in [-0.05, 0) is 49.2 Å². The lowest BCUT2D eigenvalue weighted by Gasteiger charge is -2.36. The highest BCUT2D eigenvalue weighted by atomic mass is 32.2. The molecule has 6 nitrogen and oxygen atoms in total. The van der Waals surface area contributed by atoms with Crippen molar-refractivity contribution in [2.24, 2.45) is 0 Å². The van der Waals surface area contributed by atoms with Crippen molar-refractivity contribution in [1.82, 2.24) is 4.90 Å². The van der Waals surface area contributed by atoms with Gasteiger partial charge in [0.1, 0.15) is 0 Å². The van der Waals surface area contributed by atoms with Gasteiger partial charge in [-0.25, -0.2) is 8.42 Å². The van der Waals surface area contributed by atoms with Crippen molar-refractivity contribution in [2.75, 3.05) is 47.7 Å². The Morgan fingerprint density at radius 1 is 0.750 bits per heavy atom. The lowest BCUT2D eigenvalue weighted by molar-refractivity contribution is 0.0747. The number of para-hydroxylation sites is 1. The number of hydrogen-bond acceptors (Lipinski definition) is 4. The highest BCUT2D eigenvalue weighted by Gasteiger charge is 2.27. The average Bonchev–Trinajstić information content (AvgIpc) is 2.74. The number of benzene rings is 2. The van der Waals surface area contributed by atoms with E-state index >= 15 is 0 Å². The fourth-order valence-electron chi connectivity index (χ4n) is 3.84. The third-order valence-electron chi connectivity index (χ3n) is 5.44. The maximum atomic E-state index is 12.8. The summed E-state index contributed by atoms with van der Waals surface area (Å²) in [6.45, 7) is 3.47. The third kappa shape index (κ3) is 3.85. The average molecular weight is 400 g/mol. The molecule has 0 aliphatic carbocycles. The second-order valence-corrected chi connectivity index (χ2v) is 9.27. The summed E-state index contributed by atoms with van der Waals surface area (Å²) in [6.07, 6.45) is 1.58. The van der Waals surface area contributed by atoms with E-state index in [0.29, 0.717) is 37.3 Å². The van der Waals surface area contributed by atoms with E-state index in [2.05, 4.69) is 17.0 Å². The van der Waals surface area contributed by atoms with Crippen molar-refractivity contribution in [3.63, 3.8) is 0 Å². The van der Waals surface area contributed by atoms with Crippen molar-refractivity contribution in [2.45, 2.75) is 12.8 Å². The second kappa shape index (κ2) is 7.83. The quantitative estimate of drug-likeness (QED) is 0.796. The van der Waals surface area contributed by atoms with Gasteiger partial charge in [0.05, 0.1) is 11.4 Å². The predicted molar refractivity (Wildman–Crippen MR) is 111 cm³/mol. The van der Waals surface area contributed by atoms with E-state index < -0.39 is 10.0 Å². The van der Waals surface area contributed by atoms with E-state index in [1.165, 1.54) is 9.99 Å². The van der Waals surface area contributed by atoms with E-state index in [-0.39, 0.29) is 11.7 Å². The van der Waals surface area contributed by atoms with Crippen LogP contribution < -0.4 is 9.21 Å². The molecular formula is C21H25N3O3S. The first-order valence-electron chi connectivity index (χ1n) is 9.74. The number of hydrogen-bond donors (Lipinski definition) is 0. The molecule has 2 fully saturated rings. The Labute approximate surface area is 166 Å². The molecule has 0 spiro atoms. The highest BCUT2D eigenvalue weighted by molar-refractivity contribution is 7.92. The monoisotopic (exact) mass is 399 g/mol. The molecule has 2 aliphatic heterocycles. The van der Waals surface area contributed by atoms with Crippen molar-refractivity contribution in [1.29, 1.82) is 0 Å². The number of sulfonamides is 1. The van der Waals surface area contributed by atoms with Gasteiger partial charge in [-0.2, -0.15) is 0 Å². The first-order chi connectivity index (χ1) is 13.5. The van der Waals surface area contributed by atoms with Gasteiger partial charge in [0.25, 0.3) is 5.91 Å². The molecule has 1 amide bonds. The summed E-state index contributed by atoms with van der Waals surface area (Å²) in [5.41, 5.74) is 2.43. The molecule has 0 aromatic heterocycles. The number of anilines is 2. The fraction of sp³-hybridized carbons (Fsp3) is 0.381. The molecule has 0 unspecified atom stereocenters. The Morgan fingerprint density at radius 2 is 1.43 bits per heavy atom. The van der Waals surface area contributed by atoms with Crippen molar-refractivity contribution in [3.8, 4) is 0 Å². The maximum absolute atomic E-state index is 12.8. The molecule has 2 aliphatic rings. The van der Waals surface area contributed by atoms with Gasteiger partial charge in [0, 0.05) is 44.0 Å². The number of rotatable bonds is 3. The van der Waals surface area contributed by atoms with Gasteiger partial charge in [0.15, 0.2) is 0 Å².